The van der Waals surface area contributed by atoms with Crippen LogP contribution in [0.4, 0.5) is 0 Å². The van der Waals surface area contributed by atoms with Crippen molar-refractivity contribution in [2.45, 2.75) is 32.6 Å². The van der Waals surface area contributed by atoms with E-state index in [9.17, 15) is 4.79 Å². The fourth-order valence-electron chi connectivity index (χ4n) is 2.24. The molecule has 0 bridgehead atoms. The van der Waals surface area contributed by atoms with Gasteiger partial charge in [0.1, 0.15) is 5.75 Å². The average molecular weight is 438 g/mol. The van der Waals surface area contributed by atoms with E-state index in [4.69, 9.17) is 4.74 Å². The maximum atomic E-state index is 11.3. The zero-order chi connectivity index (χ0) is 17.0. The van der Waals surface area contributed by atoms with Crippen LogP contribution in [0.1, 0.15) is 32.6 Å². The molecule has 2 rings (SSSR count). The van der Waals surface area contributed by atoms with Gasteiger partial charge < -0.3 is 10.1 Å². The average Bonchev–Trinajstić information content (AvgIpc) is 2.60. The summed E-state index contributed by atoms with van der Waals surface area (Å²) in [5, 5.41) is 2.82. The molecule has 0 aromatic heterocycles. The number of halogens is 1. The Kier molecular flexibility index (Phi) is 8.66. The Morgan fingerprint density at radius 2 is 1.67 bits per heavy atom. The molecular formula is C20H25INO2+. The van der Waals surface area contributed by atoms with Crippen molar-refractivity contribution in [3.8, 4) is 5.75 Å². The Morgan fingerprint density at radius 1 is 0.958 bits per heavy atom. The summed E-state index contributed by atoms with van der Waals surface area (Å²) in [4.78, 5) is 11.3. The summed E-state index contributed by atoms with van der Waals surface area (Å²) >= 11 is -0.109. The van der Waals surface area contributed by atoms with E-state index in [2.05, 4.69) is 59.9 Å². The van der Waals surface area contributed by atoms with Crippen molar-refractivity contribution in [2.75, 3.05) is 13.2 Å². The number of unbranched alkanes of at least 4 members (excludes halogenated alkanes) is 2. The topological polar surface area (TPSA) is 38.3 Å². The third kappa shape index (κ3) is 7.34. The highest BCUT2D eigenvalue weighted by Crippen LogP contribution is 2.10. The van der Waals surface area contributed by atoms with Crippen molar-refractivity contribution in [3.63, 3.8) is 0 Å². The standard InChI is InChI=1S/C20H24INO2/c1-2-22-20(23)11-7-4-8-16-24-19-14-12-18(13-15-19)21-17-9-5-3-6-10-17/h3,5-6,9-10,12-15H,2,4,7-8,11,16H2,1H3/p+1. The highest BCUT2D eigenvalue weighted by atomic mass is 127. The second-order valence-electron chi connectivity index (χ2n) is 5.46. The largest absolute Gasteiger partial charge is 0.494 e. The first kappa shape index (κ1) is 18.8. The molecule has 0 radical (unpaired) electrons. The minimum atomic E-state index is -0.109. The van der Waals surface area contributed by atoms with E-state index >= 15 is 0 Å². The molecule has 0 aliphatic rings. The molecule has 0 aliphatic carbocycles. The number of carbonyl (C=O) groups is 1. The predicted molar refractivity (Wildman–Crippen MR) is 92.9 cm³/mol. The number of hydrogen-bond donors (Lipinski definition) is 1. The fraction of sp³-hybridized carbons (Fsp3) is 0.350. The fourth-order valence-corrected chi connectivity index (χ4v) is 4.45. The van der Waals surface area contributed by atoms with Crippen molar-refractivity contribution in [3.05, 3.63) is 61.7 Å². The predicted octanol–water partition coefficient (Wildman–Crippen LogP) is 0.890. The van der Waals surface area contributed by atoms with Gasteiger partial charge in [-0.25, -0.2) is 0 Å². The van der Waals surface area contributed by atoms with Gasteiger partial charge in [-0.3, -0.25) is 4.79 Å². The van der Waals surface area contributed by atoms with Crippen molar-refractivity contribution in [1.82, 2.24) is 5.32 Å². The number of benzene rings is 2. The molecule has 0 heterocycles. The number of nitrogens with one attached hydrogen (secondary N) is 1. The van der Waals surface area contributed by atoms with Crippen molar-refractivity contribution < 1.29 is 30.7 Å². The molecule has 1 amide bonds. The SMILES string of the molecule is CCNC(=O)CCCCCOc1ccc([I+]c2ccccc2)cc1. The second-order valence-corrected chi connectivity index (χ2v) is 8.49. The van der Waals surface area contributed by atoms with Gasteiger partial charge in [0.15, 0.2) is 7.14 Å². The first-order valence-corrected chi connectivity index (χ1v) is 10.6. The van der Waals surface area contributed by atoms with Crippen LogP contribution in [0.2, 0.25) is 0 Å². The molecule has 0 atom stereocenters. The van der Waals surface area contributed by atoms with Crippen molar-refractivity contribution in [2.24, 2.45) is 0 Å². The smallest absolute Gasteiger partial charge is 0.357 e. The van der Waals surface area contributed by atoms with Crippen molar-refractivity contribution >= 4 is 5.91 Å². The van der Waals surface area contributed by atoms with E-state index in [0.717, 1.165) is 25.0 Å². The summed E-state index contributed by atoms with van der Waals surface area (Å²) < 4.78 is 8.60. The lowest BCUT2D eigenvalue weighted by Gasteiger charge is -2.05. The Morgan fingerprint density at radius 3 is 2.38 bits per heavy atom. The van der Waals surface area contributed by atoms with Crippen LogP contribution in [-0.4, -0.2) is 19.1 Å². The normalized spacial score (nSPS) is 10.4. The van der Waals surface area contributed by atoms with E-state index in [1.165, 1.54) is 7.14 Å². The van der Waals surface area contributed by atoms with Crippen LogP contribution in [0, 0.1) is 7.14 Å². The minimum absolute atomic E-state index is 0.109. The van der Waals surface area contributed by atoms with Gasteiger partial charge in [-0.05, 0) is 62.6 Å². The van der Waals surface area contributed by atoms with Crippen LogP contribution in [-0.2, 0) is 4.79 Å². The van der Waals surface area contributed by atoms with E-state index in [0.29, 0.717) is 19.6 Å². The number of amides is 1. The Bertz CT molecular complexity index is 599. The Labute approximate surface area is 155 Å². The second kappa shape index (κ2) is 11.1. The molecule has 24 heavy (non-hydrogen) atoms. The first-order valence-electron chi connectivity index (χ1n) is 8.47. The molecule has 0 unspecified atom stereocenters. The molecule has 3 nitrogen and oxygen atoms in total. The molecular weight excluding hydrogens is 413 g/mol. The molecule has 128 valence electrons. The molecule has 2 aromatic rings. The summed E-state index contributed by atoms with van der Waals surface area (Å²) in [6, 6.07) is 19.1. The van der Waals surface area contributed by atoms with Crippen LogP contribution in [0.25, 0.3) is 0 Å². The van der Waals surface area contributed by atoms with Gasteiger partial charge in [0.05, 0.1) is 6.61 Å². The number of ether oxygens (including phenoxy) is 1. The summed E-state index contributed by atoms with van der Waals surface area (Å²) in [5.74, 6) is 1.08. The summed E-state index contributed by atoms with van der Waals surface area (Å²) in [6.45, 7) is 3.37. The van der Waals surface area contributed by atoms with Gasteiger partial charge in [-0.2, -0.15) is 0 Å². The van der Waals surface area contributed by atoms with Crippen LogP contribution in [0.3, 0.4) is 0 Å². The van der Waals surface area contributed by atoms with Gasteiger partial charge in [-0.1, -0.05) is 18.2 Å². The van der Waals surface area contributed by atoms with Gasteiger partial charge in [-0.15, -0.1) is 0 Å². The van der Waals surface area contributed by atoms with E-state index in [-0.39, 0.29) is 27.1 Å². The zero-order valence-corrected chi connectivity index (χ0v) is 16.3. The lowest BCUT2D eigenvalue weighted by atomic mass is 10.2. The molecule has 2 aromatic carbocycles. The van der Waals surface area contributed by atoms with Crippen molar-refractivity contribution in [1.29, 1.82) is 0 Å². The maximum Gasteiger partial charge on any atom is 0.357 e. The van der Waals surface area contributed by atoms with Gasteiger partial charge in [0.2, 0.25) is 5.91 Å². The number of rotatable bonds is 10. The molecule has 4 heteroatoms. The lowest BCUT2D eigenvalue weighted by molar-refractivity contribution is -0.597. The van der Waals surface area contributed by atoms with Crippen LogP contribution < -0.4 is 31.3 Å². The highest BCUT2D eigenvalue weighted by Gasteiger charge is 2.14. The molecule has 0 saturated heterocycles. The molecule has 0 spiro atoms. The van der Waals surface area contributed by atoms with E-state index in [1.807, 2.05) is 6.92 Å². The Hall–Kier alpha value is -1.56. The third-order valence-electron chi connectivity index (χ3n) is 3.46. The third-order valence-corrected chi connectivity index (χ3v) is 6.14. The summed E-state index contributed by atoms with van der Waals surface area (Å²) in [6.07, 6.45) is 3.55. The lowest BCUT2D eigenvalue weighted by Crippen LogP contribution is -3.61. The minimum Gasteiger partial charge on any atom is -0.494 e. The summed E-state index contributed by atoms with van der Waals surface area (Å²) in [7, 11) is 0. The van der Waals surface area contributed by atoms with Crippen LogP contribution in [0.5, 0.6) is 5.75 Å². The van der Waals surface area contributed by atoms with Crippen LogP contribution in [0.15, 0.2) is 54.6 Å². The molecule has 1 N–H and O–H groups in total. The molecule has 0 aliphatic heterocycles. The van der Waals surface area contributed by atoms with Gasteiger partial charge in [0, 0.05) is 13.0 Å². The number of carbonyl (C=O) groups excluding carboxylic acids is 1. The quantitative estimate of drug-likeness (QED) is 0.442. The van der Waals surface area contributed by atoms with E-state index < -0.39 is 0 Å². The van der Waals surface area contributed by atoms with Gasteiger partial charge in [0.25, 0.3) is 0 Å². The maximum absolute atomic E-state index is 11.3. The molecule has 0 saturated carbocycles. The van der Waals surface area contributed by atoms with Gasteiger partial charge >= 0.3 is 21.2 Å². The van der Waals surface area contributed by atoms with Crippen LogP contribution >= 0.6 is 0 Å². The Balaban J connectivity index is 1.63. The first-order chi connectivity index (χ1) is 11.8. The highest BCUT2D eigenvalue weighted by molar-refractivity contribution is 5.75. The monoisotopic (exact) mass is 438 g/mol. The zero-order valence-electron chi connectivity index (χ0n) is 14.1. The molecule has 0 fully saturated rings. The van der Waals surface area contributed by atoms with E-state index in [1.54, 1.807) is 0 Å². The summed E-state index contributed by atoms with van der Waals surface area (Å²) in [5.41, 5.74) is 0. The number of hydrogen-bond acceptors (Lipinski definition) is 2.